The van der Waals surface area contributed by atoms with E-state index in [0.29, 0.717) is 6.54 Å². The van der Waals surface area contributed by atoms with Gasteiger partial charge >= 0.3 is 0 Å². The van der Waals surface area contributed by atoms with Crippen LogP contribution >= 0.6 is 0 Å². The molecule has 1 aromatic rings. The van der Waals surface area contributed by atoms with Crippen molar-refractivity contribution in [2.45, 2.75) is 32.2 Å². The van der Waals surface area contributed by atoms with Crippen LogP contribution in [0.2, 0.25) is 0 Å². The topological polar surface area (TPSA) is 29.1 Å². The smallest absolute Gasteiger partial charge is 0.223 e. The Bertz CT molecular complexity index is 355. The molecule has 0 bridgehead atoms. The van der Waals surface area contributed by atoms with Crippen LogP contribution in [0.1, 0.15) is 31.2 Å². The van der Waals surface area contributed by atoms with E-state index >= 15 is 0 Å². The fraction of sp³-hybridized carbons (Fsp3) is 0.462. The lowest BCUT2D eigenvalue weighted by Crippen LogP contribution is -2.28. The fourth-order valence-corrected chi connectivity index (χ4v) is 2.12. The molecule has 2 rings (SSSR count). The van der Waals surface area contributed by atoms with Gasteiger partial charge in [-0.15, -0.1) is 0 Å². The standard InChI is InChI=1S/C13H16FNO/c14-12-7-5-10(6-8-12)9-15-13(16)11-3-1-2-4-11/h5-8,11H,1-4,9H2,(H,15,16). The monoisotopic (exact) mass is 221 g/mol. The molecule has 0 atom stereocenters. The van der Waals surface area contributed by atoms with Gasteiger partial charge in [-0.1, -0.05) is 25.0 Å². The summed E-state index contributed by atoms with van der Waals surface area (Å²) in [5, 5.41) is 2.90. The zero-order chi connectivity index (χ0) is 11.4. The number of hydrogen-bond donors (Lipinski definition) is 1. The molecular weight excluding hydrogens is 205 g/mol. The highest BCUT2D eigenvalue weighted by Crippen LogP contribution is 2.24. The molecule has 0 saturated heterocycles. The number of benzene rings is 1. The Morgan fingerprint density at radius 3 is 2.50 bits per heavy atom. The van der Waals surface area contributed by atoms with E-state index in [-0.39, 0.29) is 17.6 Å². The Morgan fingerprint density at radius 1 is 1.25 bits per heavy atom. The van der Waals surface area contributed by atoms with Crippen molar-refractivity contribution in [1.82, 2.24) is 5.32 Å². The molecule has 0 unspecified atom stereocenters. The molecule has 0 aromatic heterocycles. The molecule has 86 valence electrons. The first kappa shape index (κ1) is 11.1. The number of amides is 1. The third kappa shape index (κ3) is 2.81. The summed E-state index contributed by atoms with van der Waals surface area (Å²) in [6.45, 7) is 0.496. The minimum absolute atomic E-state index is 0.141. The van der Waals surface area contributed by atoms with E-state index in [9.17, 15) is 9.18 Å². The maximum Gasteiger partial charge on any atom is 0.223 e. The van der Waals surface area contributed by atoms with Crippen LogP contribution in [0.25, 0.3) is 0 Å². The summed E-state index contributed by atoms with van der Waals surface area (Å²) in [5.41, 5.74) is 0.938. The van der Waals surface area contributed by atoms with Gasteiger partial charge < -0.3 is 5.32 Å². The van der Waals surface area contributed by atoms with Crippen LogP contribution < -0.4 is 5.32 Å². The lowest BCUT2D eigenvalue weighted by molar-refractivity contribution is -0.124. The van der Waals surface area contributed by atoms with Crippen LogP contribution in [0.15, 0.2) is 24.3 Å². The molecule has 1 N–H and O–H groups in total. The minimum Gasteiger partial charge on any atom is -0.352 e. The Kier molecular flexibility index (Phi) is 3.54. The van der Waals surface area contributed by atoms with Gasteiger partial charge in [0.1, 0.15) is 5.82 Å². The van der Waals surface area contributed by atoms with E-state index in [1.54, 1.807) is 12.1 Å². The Labute approximate surface area is 94.9 Å². The fourth-order valence-electron chi connectivity index (χ4n) is 2.12. The number of halogens is 1. The Morgan fingerprint density at radius 2 is 1.88 bits per heavy atom. The zero-order valence-electron chi connectivity index (χ0n) is 9.21. The average Bonchev–Trinajstić information content (AvgIpc) is 2.81. The highest BCUT2D eigenvalue weighted by molar-refractivity contribution is 5.78. The van der Waals surface area contributed by atoms with Gasteiger partial charge in [0.05, 0.1) is 0 Å². The average molecular weight is 221 g/mol. The maximum absolute atomic E-state index is 12.6. The van der Waals surface area contributed by atoms with Gasteiger partial charge in [0.25, 0.3) is 0 Å². The van der Waals surface area contributed by atoms with Crippen LogP contribution in [0.4, 0.5) is 4.39 Å². The minimum atomic E-state index is -0.245. The normalized spacial score (nSPS) is 16.3. The van der Waals surface area contributed by atoms with Crippen molar-refractivity contribution in [1.29, 1.82) is 0 Å². The third-order valence-corrected chi connectivity index (χ3v) is 3.11. The second kappa shape index (κ2) is 5.10. The summed E-state index contributed by atoms with van der Waals surface area (Å²) < 4.78 is 12.6. The molecule has 1 aromatic carbocycles. The molecule has 0 radical (unpaired) electrons. The summed E-state index contributed by atoms with van der Waals surface area (Å²) in [7, 11) is 0. The van der Waals surface area contributed by atoms with Gasteiger partial charge in [-0.2, -0.15) is 0 Å². The lowest BCUT2D eigenvalue weighted by atomic mass is 10.1. The largest absolute Gasteiger partial charge is 0.352 e. The first-order valence-corrected chi connectivity index (χ1v) is 5.78. The van der Waals surface area contributed by atoms with Gasteiger partial charge in [-0.3, -0.25) is 4.79 Å². The van der Waals surface area contributed by atoms with Crippen molar-refractivity contribution in [2.75, 3.05) is 0 Å². The van der Waals surface area contributed by atoms with E-state index in [2.05, 4.69) is 5.32 Å². The van der Waals surface area contributed by atoms with Crippen molar-refractivity contribution in [3.63, 3.8) is 0 Å². The molecule has 2 nitrogen and oxygen atoms in total. The van der Waals surface area contributed by atoms with E-state index in [4.69, 9.17) is 0 Å². The molecule has 1 amide bonds. The van der Waals surface area contributed by atoms with Crippen molar-refractivity contribution in [2.24, 2.45) is 5.92 Å². The summed E-state index contributed by atoms with van der Waals surface area (Å²) in [6, 6.07) is 6.22. The van der Waals surface area contributed by atoms with E-state index < -0.39 is 0 Å². The summed E-state index contributed by atoms with van der Waals surface area (Å²) in [4.78, 5) is 11.7. The number of hydrogen-bond acceptors (Lipinski definition) is 1. The van der Waals surface area contributed by atoms with Crippen LogP contribution in [0.3, 0.4) is 0 Å². The number of rotatable bonds is 3. The molecule has 1 saturated carbocycles. The third-order valence-electron chi connectivity index (χ3n) is 3.11. The second-order valence-electron chi connectivity index (χ2n) is 4.33. The van der Waals surface area contributed by atoms with Crippen LogP contribution in [-0.4, -0.2) is 5.91 Å². The predicted molar refractivity (Wildman–Crippen MR) is 60.2 cm³/mol. The molecule has 1 fully saturated rings. The second-order valence-corrected chi connectivity index (χ2v) is 4.33. The Balaban J connectivity index is 1.82. The number of carbonyl (C=O) groups is 1. The van der Waals surface area contributed by atoms with Gasteiger partial charge in [0.2, 0.25) is 5.91 Å². The van der Waals surface area contributed by atoms with Crippen molar-refractivity contribution >= 4 is 5.91 Å². The molecular formula is C13H16FNO. The van der Waals surface area contributed by atoms with E-state index in [1.807, 2.05) is 0 Å². The highest BCUT2D eigenvalue weighted by Gasteiger charge is 2.21. The SMILES string of the molecule is O=C(NCc1ccc(F)cc1)C1CCCC1. The van der Waals surface area contributed by atoms with Crippen LogP contribution in [0, 0.1) is 11.7 Å². The molecule has 0 spiro atoms. The quantitative estimate of drug-likeness (QED) is 0.835. The molecule has 16 heavy (non-hydrogen) atoms. The van der Waals surface area contributed by atoms with Gasteiger partial charge in [-0.25, -0.2) is 4.39 Å². The Hall–Kier alpha value is -1.38. The molecule has 0 heterocycles. The van der Waals surface area contributed by atoms with Crippen molar-refractivity contribution in [3.8, 4) is 0 Å². The predicted octanol–water partition coefficient (Wildman–Crippen LogP) is 2.63. The van der Waals surface area contributed by atoms with Crippen LogP contribution in [-0.2, 0) is 11.3 Å². The van der Waals surface area contributed by atoms with E-state index in [0.717, 1.165) is 31.2 Å². The molecule has 1 aliphatic rings. The summed E-state index contributed by atoms with van der Waals surface area (Å²) >= 11 is 0. The first-order valence-electron chi connectivity index (χ1n) is 5.78. The van der Waals surface area contributed by atoms with Crippen molar-refractivity contribution < 1.29 is 9.18 Å². The zero-order valence-corrected chi connectivity index (χ0v) is 9.21. The van der Waals surface area contributed by atoms with Crippen LogP contribution in [0.5, 0.6) is 0 Å². The number of carbonyl (C=O) groups excluding carboxylic acids is 1. The number of nitrogens with one attached hydrogen (secondary N) is 1. The summed E-state index contributed by atoms with van der Waals surface area (Å²) in [6.07, 6.45) is 4.34. The first-order chi connectivity index (χ1) is 7.75. The van der Waals surface area contributed by atoms with Gasteiger partial charge in [0, 0.05) is 12.5 Å². The molecule has 3 heteroatoms. The van der Waals surface area contributed by atoms with E-state index in [1.165, 1.54) is 12.1 Å². The maximum atomic E-state index is 12.6. The molecule has 0 aliphatic heterocycles. The van der Waals surface area contributed by atoms with Crippen molar-refractivity contribution in [3.05, 3.63) is 35.6 Å². The molecule has 1 aliphatic carbocycles. The highest BCUT2D eigenvalue weighted by atomic mass is 19.1. The van der Waals surface area contributed by atoms with Gasteiger partial charge in [0.15, 0.2) is 0 Å². The van der Waals surface area contributed by atoms with Gasteiger partial charge in [-0.05, 0) is 30.5 Å². The summed E-state index contributed by atoms with van der Waals surface area (Å²) in [5.74, 6) is 0.0909. The lowest BCUT2D eigenvalue weighted by Gasteiger charge is -2.10.